The van der Waals surface area contributed by atoms with Crippen LogP contribution in [0.25, 0.3) is 0 Å². The monoisotopic (exact) mass is 296 g/mol. The minimum absolute atomic E-state index is 0.602. The Labute approximate surface area is 117 Å². The molecule has 92 valence electrons. The Hall–Kier alpha value is 0.220. The van der Waals surface area contributed by atoms with Crippen molar-refractivity contribution in [2.24, 2.45) is 0 Å². The Balaban J connectivity index is 3.41. The molecule has 0 heterocycles. The summed E-state index contributed by atoms with van der Waals surface area (Å²) in [5.41, 5.74) is 0. The van der Waals surface area contributed by atoms with E-state index in [1.54, 1.807) is 0 Å². The van der Waals surface area contributed by atoms with Crippen LogP contribution in [0.15, 0.2) is 12.2 Å². The van der Waals surface area contributed by atoms with Crippen molar-refractivity contribution in [3.8, 4) is 0 Å². The van der Waals surface area contributed by atoms with Gasteiger partial charge in [0.15, 0.2) is 0 Å². The molecule has 0 aliphatic rings. The summed E-state index contributed by atoms with van der Waals surface area (Å²) in [5.74, 6) is 1.67. The summed E-state index contributed by atoms with van der Waals surface area (Å²) in [6.45, 7) is 5.12. The summed E-state index contributed by atoms with van der Waals surface area (Å²) >= 11 is 13.0. The standard InChI is InChI=1S/C10H16O2S4/c1-3-11-9(13)15-7-5-6-8-16-10(14)12-4-2/h5-6H,3-4,7-8H2,1-2H3. The SMILES string of the molecule is CCOC(=S)SCC=CCSC(=S)OCC. The van der Waals surface area contributed by atoms with E-state index >= 15 is 0 Å². The first-order valence-electron chi connectivity index (χ1n) is 4.94. The van der Waals surface area contributed by atoms with Gasteiger partial charge >= 0.3 is 0 Å². The van der Waals surface area contributed by atoms with Gasteiger partial charge in [-0.25, -0.2) is 0 Å². The van der Waals surface area contributed by atoms with E-state index in [0.717, 1.165) is 11.5 Å². The summed E-state index contributed by atoms with van der Waals surface area (Å²) in [4.78, 5) is 0. The van der Waals surface area contributed by atoms with Gasteiger partial charge in [-0.1, -0.05) is 35.7 Å². The maximum Gasteiger partial charge on any atom is 0.220 e. The van der Waals surface area contributed by atoms with E-state index in [-0.39, 0.29) is 0 Å². The van der Waals surface area contributed by atoms with E-state index in [4.69, 9.17) is 33.9 Å². The van der Waals surface area contributed by atoms with E-state index in [1.807, 2.05) is 13.8 Å². The second-order valence-electron chi connectivity index (χ2n) is 2.46. The van der Waals surface area contributed by atoms with Crippen LogP contribution >= 0.6 is 48.0 Å². The topological polar surface area (TPSA) is 18.5 Å². The molecular weight excluding hydrogens is 280 g/mol. The van der Waals surface area contributed by atoms with Crippen molar-refractivity contribution < 1.29 is 9.47 Å². The Morgan fingerprint density at radius 2 is 1.31 bits per heavy atom. The molecule has 0 fully saturated rings. The molecule has 0 aromatic rings. The summed E-state index contributed by atoms with van der Waals surface area (Å²) in [5, 5.41) is 0. The van der Waals surface area contributed by atoms with Gasteiger partial charge in [0.05, 0.1) is 13.2 Å². The van der Waals surface area contributed by atoms with Crippen molar-refractivity contribution in [3.63, 3.8) is 0 Å². The van der Waals surface area contributed by atoms with E-state index in [9.17, 15) is 0 Å². The molecule has 0 saturated carbocycles. The highest BCUT2D eigenvalue weighted by atomic mass is 32.2. The van der Waals surface area contributed by atoms with Crippen molar-refractivity contribution >= 4 is 56.7 Å². The molecule has 0 spiro atoms. The first kappa shape index (κ1) is 16.2. The van der Waals surface area contributed by atoms with Crippen molar-refractivity contribution in [2.75, 3.05) is 24.7 Å². The number of hydrogen-bond acceptors (Lipinski definition) is 6. The molecule has 0 aliphatic heterocycles. The van der Waals surface area contributed by atoms with Crippen LogP contribution in [-0.2, 0) is 9.47 Å². The molecule has 0 N–H and O–H groups in total. The lowest BCUT2D eigenvalue weighted by molar-refractivity contribution is 0.346. The van der Waals surface area contributed by atoms with Crippen LogP contribution in [0.1, 0.15) is 13.8 Å². The molecule has 16 heavy (non-hydrogen) atoms. The zero-order valence-electron chi connectivity index (χ0n) is 9.43. The summed E-state index contributed by atoms with van der Waals surface area (Å²) in [6, 6.07) is 0. The van der Waals surface area contributed by atoms with Gasteiger partial charge < -0.3 is 9.47 Å². The molecule has 0 atom stereocenters. The van der Waals surface area contributed by atoms with Crippen LogP contribution in [0.5, 0.6) is 0 Å². The number of rotatable bonds is 6. The molecule has 0 bridgehead atoms. The Kier molecular flexibility index (Phi) is 11.9. The number of ether oxygens (including phenoxy) is 2. The third kappa shape index (κ3) is 10.7. The van der Waals surface area contributed by atoms with Gasteiger partial charge in [-0.05, 0) is 38.3 Å². The zero-order valence-corrected chi connectivity index (χ0v) is 12.7. The number of hydrogen-bond donors (Lipinski definition) is 0. The number of thioether (sulfide) groups is 2. The van der Waals surface area contributed by atoms with Crippen LogP contribution < -0.4 is 0 Å². The van der Waals surface area contributed by atoms with Crippen molar-refractivity contribution in [3.05, 3.63) is 12.2 Å². The molecule has 6 heteroatoms. The third-order valence-electron chi connectivity index (χ3n) is 1.29. The molecule has 0 unspecified atom stereocenters. The lowest BCUT2D eigenvalue weighted by atomic mass is 10.6. The smallest absolute Gasteiger partial charge is 0.220 e. The molecule has 0 aromatic heterocycles. The van der Waals surface area contributed by atoms with Gasteiger partial charge in [-0.15, -0.1) is 0 Å². The van der Waals surface area contributed by atoms with E-state index < -0.39 is 0 Å². The first-order chi connectivity index (χ1) is 7.70. The molecule has 2 nitrogen and oxygen atoms in total. The molecule has 0 aliphatic carbocycles. The van der Waals surface area contributed by atoms with Crippen LogP contribution in [0.4, 0.5) is 0 Å². The predicted octanol–water partition coefficient (Wildman–Crippen LogP) is 3.65. The lowest BCUT2D eigenvalue weighted by Crippen LogP contribution is -1.96. The van der Waals surface area contributed by atoms with Gasteiger partial charge in [-0.3, -0.25) is 0 Å². The van der Waals surface area contributed by atoms with Gasteiger partial charge in [0.1, 0.15) is 0 Å². The highest BCUT2D eigenvalue weighted by Crippen LogP contribution is 2.08. The number of thiocarbonyl (C=S) groups is 2. The predicted molar refractivity (Wildman–Crippen MR) is 82.5 cm³/mol. The van der Waals surface area contributed by atoms with Gasteiger partial charge in [0.25, 0.3) is 0 Å². The molecule has 0 amide bonds. The van der Waals surface area contributed by atoms with Crippen LogP contribution in [0.2, 0.25) is 0 Å². The maximum absolute atomic E-state index is 5.13. The lowest BCUT2D eigenvalue weighted by Gasteiger charge is -2.02. The summed E-state index contributed by atoms with van der Waals surface area (Å²) in [7, 11) is 0. The highest BCUT2D eigenvalue weighted by molar-refractivity contribution is 8.23. The average Bonchev–Trinajstić information content (AvgIpc) is 2.24. The summed E-state index contributed by atoms with van der Waals surface area (Å²) < 4.78 is 11.5. The molecule has 0 radical (unpaired) electrons. The van der Waals surface area contributed by atoms with E-state index in [2.05, 4.69) is 12.2 Å². The zero-order chi connectivity index (χ0) is 12.2. The second kappa shape index (κ2) is 11.7. The first-order valence-corrected chi connectivity index (χ1v) is 7.73. The fraction of sp³-hybridized carbons (Fsp3) is 0.600. The Morgan fingerprint density at radius 3 is 1.62 bits per heavy atom. The van der Waals surface area contributed by atoms with Crippen LogP contribution in [0, 0.1) is 0 Å². The molecule has 0 aromatic carbocycles. The second-order valence-corrected chi connectivity index (χ2v) is 5.70. The minimum atomic E-state index is 0.602. The van der Waals surface area contributed by atoms with Crippen LogP contribution in [0.3, 0.4) is 0 Å². The maximum atomic E-state index is 5.13. The van der Waals surface area contributed by atoms with Crippen molar-refractivity contribution in [1.82, 2.24) is 0 Å². The van der Waals surface area contributed by atoms with Gasteiger partial charge in [-0.2, -0.15) is 0 Å². The quantitative estimate of drug-likeness (QED) is 0.546. The molecule has 0 rings (SSSR count). The molecular formula is C10H16O2S4. The van der Waals surface area contributed by atoms with Crippen molar-refractivity contribution in [1.29, 1.82) is 0 Å². The largest absolute Gasteiger partial charge is 0.479 e. The molecule has 0 saturated heterocycles. The summed E-state index contributed by atoms with van der Waals surface area (Å²) in [6.07, 6.45) is 4.11. The Morgan fingerprint density at radius 1 is 0.938 bits per heavy atom. The fourth-order valence-electron chi connectivity index (χ4n) is 0.687. The van der Waals surface area contributed by atoms with Crippen molar-refractivity contribution in [2.45, 2.75) is 13.8 Å². The average molecular weight is 297 g/mol. The van der Waals surface area contributed by atoms with Gasteiger partial charge in [0.2, 0.25) is 8.77 Å². The third-order valence-corrected chi connectivity index (χ3v) is 3.65. The van der Waals surface area contributed by atoms with Gasteiger partial charge in [0, 0.05) is 11.5 Å². The highest BCUT2D eigenvalue weighted by Gasteiger charge is 1.95. The van der Waals surface area contributed by atoms with E-state index in [1.165, 1.54) is 23.5 Å². The Bertz CT molecular complexity index is 217. The fourth-order valence-corrected chi connectivity index (χ4v) is 2.47. The van der Waals surface area contributed by atoms with Crippen LogP contribution in [-0.4, -0.2) is 33.5 Å². The normalized spacial score (nSPS) is 10.4. The van der Waals surface area contributed by atoms with E-state index in [0.29, 0.717) is 22.0 Å². The minimum Gasteiger partial charge on any atom is -0.479 e.